The van der Waals surface area contributed by atoms with E-state index in [2.05, 4.69) is 11.8 Å². The lowest BCUT2D eigenvalue weighted by molar-refractivity contribution is -0.139. The molecular formula is C16H17NO3. The predicted octanol–water partition coefficient (Wildman–Crippen LogP) is 1.32. The first-order chi connectivity index (χ1) is 9.61. The van der Waals surface area contributed by atoms with Crippen molar-refractivity contribution in [1.82, 2.24) is 4.90 Å². The van der Waals surface area contributed by atoms with Gasteiger partial charge in [0.05, 0.1) is 13.2 Å². The van der Waals surface area contributed by atoms with Gasteiger partial charge in [-0.3, -0.25) is 14.5 Å². The van der Waals surface area contributed by atoms with Gasteiger partial charge < -0.3 is 5.11 Å². The van der Waals surface area contributed by atoms with Crippen LogP contribution in [0.5, 0.6) is 0 Å². The maximum Gasteiger partial charge on any atom is 0.232 e. The van der Waals surface area contributed by atoms with E-state index in [0.717, 1.165) is 11.1 Å². The Bertz CT molecular complexity index is 583. The molecule has 4 nitrogen and oxygen atoms in total. The zero-order chi connectivity index (χ0) is 14.5. The van der Waals surface area contributed by atoms with Crippen molar-refractivity contribution in [3.8, 4) is 11.8 Å². The van der Waals surface area contributed by atoms with E-state index in [1.54, 1.807) is 6.92 Å². The van der Waals surface area contributed by atoms with Gasteiger partial charge in [-0.1, -0.05) is 30.9 Å². The van der Waals surface area contributed by atoms with E-state index >= 15 is 0 Å². The molecule has 104 valence electrons. The molecule has 4 heteroatoms. The molecule has 0 spiro atoms. The third-order valence-corrected chi connectivity index (χ3v) is 3.21. The van der Waals surface area contributed by atoms with E-state index in [-0.39, 0.29) is 24.3 Å². The first-order valence-electron chi connectivity index (χ1n) is 6.64. The van der Waals surface area contributed by atoms with Crippen LogP contribution in [0.25, 0.3) is 0 Å². The monoisotopic (exact) mass is 271 g/mol. The van der Waals surface area contributed by atoms with Gasteiger partial charge in [0.15, 0.2) is 0 Å². The van der Waals surface area contributed by atoms with Gasteiger partial charge in [0.2, 0.25) is 11.8 Å². The van der Waals surface area contributed by atoms with Crippen LogP contribution >= 0.6 is 0 Å². The van der Waals surface area contributed by atoms with E-state index in [1.807, 2.05) is 24.3 Å². The topological polar surface area (TPSA) is 57.6 Å². The smallest absolute Gasteiger partial charge is 0.232 e. The Morgan fingerprint density at radius 2 is 2.20 bits per heavy atom. The summed E-state index contributed by atoms with van der Waals surface area (Å²) in [6, 6.07) is 7.46. The summed E-state index contributed by atoms with van der Waals surface area (Å²) in [5.41, 5.74) is 1.71. The third-order valence-electron chi connectivity index (χ3n) is 3.21. The van der Waals surface area contributed by atoms with Gasteiger partial charge in [0.25, 0.3) is 0 Å². The van der Waals surface area contributed by atoms with Crippen LogP contribution in [0.3, 0.4) is 0 Å². The lowest BCUT2D eigenvalue weighted by Crippen LogP contribution is -2.29. The second-order valence-corrected chi connectivity index (χ2v) is 4.90. The average Bonchev–Trinajstić information content (AvgIpc) is 2.66. The molecule has 20 heavy (non-hydrogen) atoms. The van der Waals surface area contributed by atoms with Gasteiger partial charge in [-0.15, -0.1) is 0 Å². The normalized spacial score (nSPS) is 18.1. The quantitative estimate of drug-likeness (QED) is 0.666. The molecule has 0 radical (unpaired) electrons. The lowest BCUT2D eigenvalue weighted by Gasteiger charge is -2.14. The van der Waals surface area contributed by atoms with Crippen LogP contribution in [0.2, 0.25) is 0 Å². The van der Waals surface area contributed by atoms with Crippen LogP contribution < -0.4 is 0 Å². The van der Waals surface area contributed by atoms with Crippen molar-refractivity contribution in [3.05, 3.63) is 35.4 Å². The molecule has 2 amide bonds. The first-order valence-corrected chi connectivity index (χ1v) is 6.64. The Morgan fingerprint density at radius 1 is 1.40 bits per heavy atom. The van der Waals surface area contributed by atoms with Crippen LogP contribution in [-0.4, -0.2) is 28.4 Å². The number of rotatable bonds is 3. The highest BCUT2D eigenvalue weighted by atomic mass is 16.2. The fraction of sp³-hybridized carbons (Fsp3) is 0.375. The number of amides is 2. The summed E-state index contributed by atoms with van der Waals surface area (Å²) < 4.78 is 0. The highest BCUT2D eigenvalue weighted by Crippen LogP contribution is 2.21. The predicted molar refractivity (Wildman–Crippen MR) is 74.4 cm³/mol. The fourth-order valence-electron chi connectivity index (χ4n) is 2.16. The summed E-state index contributed by atoms with van der Waals surface area (Å²) in [7, 11) is 0. The molecule has 1 unspecified atom stereocenters. The number of imide groups is 1. The molecule has 0 saturated carbocycles. The molecular weight excluding hydrogens is 254 g/mol. The van der Waals surface area contributed by atoms with Gasteiger partial charge in [0, 0.05) is 24.3 Å². The number of likely N-dealkylation sites (tertiary alicyclic amines) is 1. The minimum atomic E-state index is -0.213. The van der Waals surface area contributed by atoms with Crippen molar-refractivity contribution in [1.29, 1.82) is 0 Å². The van der Waals surface area contributed by atoms with Gasteiger partial charge in [-0.2, -0.15) is 0 Å². The molecule has 1 heterocycles. The summed E-state index contributed by atoms with van der Waals surface area (Å²) in [5.74, 6) is 5.36. The summed E-state index contributed by atoms with van der Waals surface area (Å²) in [6.45, 7) is 2.12. The highest BCUT2D eigenvalue weighted by molar-refractivity contribution is 6.03. The minimum absolute atomic E-state index is 0.0430. The van der Waals surface area contributed by atoms with Crippen LogP contribution in [0.1, 0.15) is 30.9 Å². The number of hydrogen-bond donors (Lipinski definition) is 1. The second kappa shape index (κ2) is 6.36. The molecule has 0 aliphatic carbocycles. The highest BCUT2D eigenvalue weighted by Gasteiger charge is 2.35. The van der Waals surface area contributed by atoms with Gasteiger partial charge in [-0.05, 0) is 17.7 Å². The van der Waals surface area contributed by atoms with Crippen molar-refractivity contribution in [2.45, 2.75) is 26.3 Å². The summed E-state index contributed by atoms with van der Waals surface area (Å²) in [4.78, 5) is 24.9. The van der Waals surface area contributed by atoms with Crippen LogP contribution in [0.4, 0.5) is 0 Å². The van der Waals surface area contributed by atoms with Crippen molar-refractivity contribution in [2.24, 2.45) is 5.92 Å². The zero-order valence-electron chi connectivity index (χ0n) is 11.4. The van der Waals surface area contributed by atoms with Gasteiger partial charge in [0.1, 0.15) is 0 Å². The number of hydrogen-bond acceptors (Lipinski definition) is 3. The van der Waals surface area contributed by atoms with Gasteiger partial charge in [-0.25, -0.2) is 0 Å². The van der Waals surface area contributed by atoms with Crippen molar-refractivity contribution in [2.75, 3.05) is 6.61 Å². The minimum Gasteiger partial charge on any atom is -0.395 e. The Labute approximate surface area is 118 Å². The average molecular weight is 271 g/mol. The molecule has 1 aliphatic rings. The summed E-state index contributed by atoms with van der Waals surface area (Å²) in [5, 5.41) is 8.69. The zero-order valence-corrected chi connectivity index (χ0v) is 11.4. The Kier molecular flexibility index (Phi) is 4.54. The molecule has 2 rings (SSSR count). The van der Waals surface area contributed by atoms with Crippen molar-refractivity contribution < 1.29 is 14.7 Å². The Morgan fingerprint density at radius 3 is 2.85 bits per heavy atom. The lowest BCUT2D eigenvalue weighted by atomic mass is 10.1. The molecule has 1 aliphatic heterocycles. The summed E-state index contributed by atoms with van der Waals surface area (Å²) >= 11 is 0. The molecule has 1 aromatic rings. The molecule has 1 N–H and O–H groups in total. The van der Waals surface area contributed by atoms with E-state index in [0.29, 0.717) is 19.4 Å². The molecule has 1 atom stereocenters. The van der Waals surface area contributed by atoms with E-state index in [4.69, 9.17) is 5.11 Å². The number of aliphatic hydroxyl groups excluding tert-OH is 1. The number of carbonyl (C=O) groups is 2. The SMILES string of the molecule is CC1CC(=O)N(Cc2cccc(C#CCCO)c2)C1=O. The number of aliphatic hydroxyl groups is 1. The molecule has 0 bridgehead atoms. The third kappa shape index (κ3) is 3.25. The largest absolute Gasteiger partial charge is 0.395 e. The number of carbonyl (C=O) groups excluding carboxylic acids is 2. The fourth-order valence-corrected chi connectivity index (χ4v) is 2.16. The van der Waals surface area contributed by atoms with E-state index in [1.165, 1.54) is 4.90 Å². The van der Waals surface area contributed by atoms with E-state index in [9.17, 15) is 9.59 Å². The molecule has 1 aromatic carbocycles. The van der Waals surface area contributed by atoms with E-state index < -0.39 is 0 Å². The van der Waals surface area contributed by atoms with Crippen LogP contribution in [-0.2, 0) is 16.1 Å². The second-order valence-electron chi connectivity index (χ2n) is 4.90. The first kappa shape index (κ1) is 14.3. The molecule has 0 aromatic heterocycles. The molecule has 1 fully saturated rings. The maximum atomic E-state index is 11.9. The molecule has 1 saturated heterocycles. The van der Waals surface area contributed by atoms with Gasteiger partial charge >= 0.3 is 0 Å². The van der Waals surface area contributed by atoms with Crippen molar-refractivity contribution in [3.63, 3.8) is 0 Å². The number of benzene rings is 1. The number of nitrogens with zero attached hydrogens (tertiary/aromatic N) is 1. The van der Waals surface area contributed by atoms with Crippen LogP contribution in [0, 0.1) is 17.8 Å². The Hall–Kier alpha value is -2.12. The van der Waals surface area contributed by atoms with Crippen LogP contribution in [0.15, 0.2) is 24.3 Å². The maximum absolute atomic E-state index is 11.9. The summed E-state index contributed by atoms with van der Waals surface area (Å²) in [6.07, 6.45) is 0.736. The van der Waals surface area contributed by atoms with Crippen molar-refractivity contribution >= 4 is 11.8 Å². The Balaban J connectivity index is 2.11. The standard InChI is InChI=1S/C16H17NO3/c1-12-9-15(19)17(16(12)20)11-14-7-4-6-13(10-14)5-2-3-8-18/h4,6-7,10,12,18H,3,8-9,11H2,1H3.